The number of hydrogen-bond acceptors (Lipinski definition) is 4. The van der Waals surface area contributed by atoms with Crippen LogP contribution in [0.15, 0.2) is 0 Å². The zero-order chi connectivity index (χ0) is 12.8. The Bertz CT molecular complexity index is 314. The van der Waals surface area contributed by atoms with Gasteiger partial charge in [-0.15, -0.1) is 0 Å². The Morgan fingerprint density at radius 2 is 2.00 bits per heavy atom. The second-order valence-electron chi connectivity index (χ2n) is 4.07. The molecule has 0 saturated carbocycles. The summed E-state index contributed by atoms with van der Waals surface area (Å²) >= 11 is 0. The molecule has 0 saturated heterocycles. The smallest absolute Gasteiger partial charge is 0.238 e. The van der Waals surface area contributed by atoms with Gasteiger partial charge in [-0.25, -0.2) is 8.42 Å². The van der Waals surface area contributed by atoms with Crippen LogP contribution < -0.4 is 11.1 Å². The van der Waals surface area contributed by atoms with Gasteiger partial charge >= 0.3 is 0 Å². The van der Waals surface area contributed by atoms with E-state index in [1.165, 1.54) is 6.92 Å². The Morgan fingerprint density at radius 1 is 1.44 bits per heavy atom. The maximum atomic E-state index is 11.5. The molecule has 0 aromatic rings. The van der Waals surface area contributed by atoms with E-state index in [4.69, 9.17) is 5.73 Å². The second-order valence-corrected chi connectivity index (χ2v) is 6.43. The lowest BCUT2D eigenvalue weighted by Crippen LogP contribution is -2.39. The summed E-state index contributed by atoms with van der Waals surface area (Å²) in [6.07, 6.45) is 2.82. The van der Waals surface area contributed by atoms with E-state index in [-0.39, 0.29) is 0 Å². The van der Waals surface area contributed by atoms with Crippen molar-refractivity contribution in [1.82, 2.24) is 5.32 Å². The first-order chi connectivity index (χ1) is 7.32. The molecule has 0 fully saturated rings. The monoisotopic (exact) mass is 250 g/mol. The third kappa shape index (κ3) is 5.46. The van der Waals surface area contributed by atoms with Gasteiger partial charge in [-0.3, -0.25) is 4.79 Å². The third-order valence-electron chi connectivity index (χ3n) is 2.73. The van der Waals surface area contributed by atoms with Gasteiger partial charge in [0.25, 0.3) is 0 Å². The number of nitrogens with one attached hydrogen (secondary N) is 1. The number of sulfone groups is 1. The fraction of sp³-hybridized carbons (Fsp3) is 0.900. The molecule has 0 aliphatic rings. The molecule has 96 valence electrons. The Balaban J connectivity index is 4.16. The maximum absolute atomic E-state index is 11.5. The van der Waals surface area contributed by atoms with Crippen LogP contribution in [0.25, 0.3) is 0 Å². The Labute approximate surface area is 97.7 Å². The van der Waals surface area contributed by atoms with Crippen LogP contribution in [0.5, 0.6) is 0 Å². The molecule has 0 rings (SSSR count). The first-order valence-corrected chi connectivity index (χ1v) is 7.45. The van der Waals surface area contributed by atoms with Crippen LogP contribution >= 0.6 is 0 Å². The van der Waals surface area contributed by atoms with Gasteiger partial charge in [-0.1, -0.05) is 13.3 Å². The lowest BCUT2D eigenvalue weighted by atomic mass is 10.0. The molecule has 0 aliphatic carbocycles. The summed E-state index contributed by atoms with van der Waals surface area (Å²) in [5.74, 6) is -0.112. The highest BCUT2D eigenvalue weighted by molar-refractivity contribution is 7.92. The summed E-state index contributed by atoms with van der Waals surface area (Å²) in [5.41, 5.74) is 5.43. The highest BCUT2D eigenvalue weighted by Crippen LogP contribution is 2.06. The molecule has 1 amide bonds. The summed E-state index contributed by atoms with van der Waals surface area (Å²) in [6, 6.07) is 0. The SMILES string of the molecule is CCC(CCN)CNC(=O)C(C)S(C)(=O)=O. The van der Waals surface area contributed by atoms with E-state index >= 15 is 0 Å². The van der Waals surface area contributed by atoms with Gasteiger partial charge in [0.15, 0.2) is 9.84 Å². The Morgan fingerprint density at radius 3 is 2.38 bits per heavy atom. The predicted molar refractivity (Wildman–Crippen MR) is 64.8 cm³/mol. The third-order valence-corrected chi connectivity index (χ3v) is 4.23. The average Bonchev–Trinajstić information content (AvgIpc) is 2.21. The fourth-order valence-corrected chi connectivity index (χ4v) is 1.74. The van der Waals surface area contributed by atoms with Crippen molar-refractivity contribution in [2.75, 3.05) is 19.3 Å². The van der Waals surface area contributed by atoms with Crippen molar-refractivity contribution in [3.05, 3.63) is 0 Å². The minimum Gasteiger partial charge on any atom is -0.355 e. The van der Waals surface area contributed by atoms with Crippen molar-refractivity contribution in [2.24, 2.45) is 11.7 Å². The lowest BCUT2D eigenvalue weighted by Gasteiger charge is -2.16. The van der Waals surface area contributed by atoms with Crippen LogP contribution in [0.3, 0.4) is 0 Å². The summed E-state index contributed by atoms with van der Waals surface area (Å²) in [5, 5.41) is 1.67. The quantitative estimate of drug-likeness (QED) is 0.661. The molecule has 6 heteroatoms. The van der Waals surface area contributed by atoms with Gasteiger partial charge in [0.05, 0.1) is 0 Å². The van der Waals surface area contributed by atoms with E-state index in [9.17, 15) is 13.2 Å². The average molecular weight is 250 g/mol. The molecule has 0 bridgehead atoms. The fourth-order valence-electron chi connectivity index (χ4n) is 1.27. The molecule has 3 N–H and O–H groups in total. The molecule has 0 aromatic carbocycles. The molecule has 16 heavy (non-hydrogen) atoms. The molecule has 0 radical (unpaired) electrons. The molecule has 2 atom stereocenters. The van der Waals surface area contributed by atoms with Gasteiger partial charge in [-0.05, 0) is 25.8 Å². The molecule has 2 unspecified atom stereocenters. The first kappa shape index (κ1) is 15.4. The van der Waals surface area contributed by atoms with E-state index in [2.05, 4.69) is 5.32 Å². The largest absolute Gasteiger partial charge is 0.355 e. The van der Waals surface area contributed by atoms with Crippen molar-refractivity contribution >= 4 is 15.7 Å². The highest BCUT2D eigenvalue weighted by Gasteiger charge is 2.23. The Kier molecular flexibility index (Phi) is 6.59. The van der Waals surface area contributed by atoms with Crippen molar-refractivity contribution in [1.29, 1.82) is 0 Å². The minimum absolute atomic E-state index is 0.320. The molecule has 0 aliphatic heterocycles. The van der Waals surface area contributed by atoms with Crippen molar-refractivity contribution in [3.63, 3.8) is 0 Å². The van der Waals surface area contributed by atoms with Gasteiger partial charge in [0.1, 0.15) is 5.25 Å². The van der Waals surface area contributed by atoms with Crippen LogP contribution in [0.4, 0.5) is 0 Å². The number of carbonyl (C=O) groups excluding carboxylic acids is 1. The highest BCUT2D eigenvalue weighted by atomic mass is 32.2. The standard InChI is InChI=1S/C10H22N2O3S/c1-4-9(5-6-11)7-12-10(13)8(2)16(3,14)15/h8-9H,4-7,11H2,1-3H3,(H,12,13). The van der Waals surface area contributed by atoms with Crippen LogP contribution in [-0.4, -0.2) is 38.9 Å². The van der Waals surface area contributed by atoms with Gasteiger partial charge in [-0.2, -0.15) is 0 Å². The minimum atomic E-state index is -3.31. The topological polar surface area (TPSA) is 89.3 Å². The van der Waals surface area contributed by atoms with Gasteiger partial charge < -0.3 is 11.1 Å². The van der Waals surface area contributed by atoms with Crippen LogP contribution in [0.2, 0.25) is 0 Å². The van der Waals surface area contributed by atoms with Crippen molar-refractivity contribution in [3.8, 4) is 0 Å². The van der Waals surface area contributed by atoms with Crippen LogP contribution in [0, 0.1) is 5.92 Å². The first-order valence-electron chi connectivity index (χ1n) is 5.49. The maximum Gasteiger partial charge on any atom is 0.238 e. The number of rotatable bonds is 7. The molecule has 0 spiro atoms. The molecule has 0 aromatic heterocycles. The van der Waals surface area contributed by atoms with E-state index in [1.807, 2.05) is 6.92 Å². The molecule has 5 nitrogen and oxygen atoms in total. The summed E-state index contributed by atoms with van der Waals surface area (Å²) in [6.45, 7) is 4.49. The van der Waals surface area contributed by atoms with E-state index in [1.54, 1.807) is 0 Å². The zero-order valence-corrected chi connectivity index (χ0v) is 11.0. The second kappa shape index (κ2) is 6.85. The number of nitrogens with two attached hydrogens (primary N) is 1. The van der Waals surface area contributed by atoms with Crippen LogP contribution in [-0.2, 0) is 14.6 Å². The molecular formula is C10H22N2O3S. The zero-order valence-electron chi connectivity index (χ0n) is 10.2. The van der Waals surface area contributed by atoms with Crippen molar-refractivity contribution < 1.29 is 13.2 Å². The number of carbonyl (C=O) groups is 1. The Hall–Kier alpha value is -0.620. The molecular weight excluding hydrogens is 228 g/mol. The summed E-state index contributed by atoms with van der Waals surface area (Å²) in [7, 11) is -3.31. The van der Waals surface area contributed by atoms with E-state index in [0.717, 1.165) is 19.1 Å². The summed E-state index contributed by atoms with van der Waals surface area (Å²) in [4.78, 5) is 11.5. The van der Waals surface area contributed by atoms with Crippen molar-refractivity contribution in [2.45, 2.75) is 31.9 Å². The van der Waals surface area contributed by atoms with E-state index < -0.39 is 21.0 Å². The lowest BCUT2D eigenvalue weighted by molar-refractivity contribution is -0.120. The predicted octanol–water partition coefficient (Wildman–Crippen LogP) is -0.0893. The molecule has 0 heterocycles. The van der Waals surface area contributed by atoms with Gasteiger partial charge in [0, 0.05) is 12.8 Å². The number of amides is 1. The normalized spacial score (nSPS) is 15.5. The summed E-state index contributed by atoms with van der Waals surface area (Å²) < 4.78 is 22.3. The van der Waals surface area contributed by atoms with E-state index in [0.29, 0.717) is 19.0 Å². The number of hydrogen-bond donors (Lipinski definition) is 2. The van der Waals surface area contributed by atoms with Gasteiger partial charge in [0.2, 0.25) is 5.91 Å². The van der Waals surface area contributed by atoms with Crippen LogP contribution in [0.1, 0.15) is 26.7 Å².